The Bertz CT molecular complexity index is 918. The van der Waals surface area contributed by atoms with Gasteiger partial charge in [0.2, 0.25) is 15.9 Å². The van der Waals surface area contributed by atoms with Crippen LogP contribution < -0.4 is 19.1 Å². The maximum Gasteiger partial charge on any atom is 0.240 e. The van der Waals surface area contributed by atoms with E-state index in [0.717, 1.165) is 14.1 Å². The number of carbonyl (C=O) groups is 1. The van der Waals surface area contributed by atoms with Crippen molar-refractivity contribution in [2.45, 2.75) is 6.10 Å². The van der Waals surface area contributed by atoms with E-state index in [1.165, 1.54) is 0 Å². The number of hydrogen-bond donors (Lipinski definition) is 1. The number of nitrogens with one attached hydrogen (secondary N) is 1. The van der Waals surface area contributed by atoms with Crippen molar-refractivity contribution in [1.29, 1.82) is 0 Å². The molecule has 0 spiro atoms. The maximum absolute atomic E-state index is 12.3. The Balaban J connectivity index is 1.59. The summed E-state index contributed by atoms with van der Waals surface area (Å²) in [5.74, 6) is 0.878. The van der Waals surface area contributed by atoms with Crippen LogP contribution in [0, 0.1) is 3.57 Å². The number of carbonyl (C=O) groups excluding carboxylic acids is 1. The summed E-state index contributed by atoms with van der Waals surface area (Å²) in [5.41, 5.74) is 0.444. The van der Waals surface area contributed by atoms with Gasteiger partial charge >= 0.3 is 0 Å². The normalized spacial score (nSPS) is 15.9. The second-order valence-electron chi connectivity index (χ2n) is 6.05. The molecule has 2 aromatic rings. The quantitative estimate of drug-likeness (QED) is 0.612. The predicted octanol–water partition coefficient (Wildman–Crippen LogP) is 2.01. The molecule has 144 valence electrons. The molecule has 1 aliphatic rings. The van der Waals surface area contributed by atoms with Gasteiger partial charge in [-0.25, -0.2) is 8.42 Å². The number of anilines is 1. The molecule has 9 heteroatoms. The molecule has 0 aromatic heterocycles. The van der Waals surface area contributed by atoms with Crippen molar-refractivity contribution in [3.63, 3.8) is 0 Å². The van der Waals surface area contributed by atoms with Gasteiger partial charge in [0.15, 0.2) is 11.5 Å². The van der Waals surface area contributed by atoms with Crippen LogP contribution in [0.1, 0.15) is 0 Å². The van der Waals surface area contributed by atoms with E-state index in [2.05, 4.69) is 27.9 Å². The summed E-state index contributed by atoms with van der Waals surface area (Å²) in [5, 5.41) is 2.72. The Labute approximate surface area is 171 Å². The zero-order valence-electron chi connectivity index (χ0n) is 14.6. The summed E-state index contributed by atoms with van der Waals surface area (Å²) in [4.78, 5) is 12.3. The highest BCUT2D eigenvalue weighted by Crippen LogP contribution is 2.30. The van der Waals surface area contributed by atoms with Gasteiger partial charge in [-0.15, -0.1) is 0 Å². The Morgan fingerprint density at radius 2 is 1.85 bits per heavy atom. The topological polar surface area (TPSA) is 84.9 Å². The minimum atomic E-state index is -3.59. The van der Waals surface area contributed by atoms with Crippen LogP contribution in [0.2, 0.25) is 0 Å². The van der Waals surface area contributed by atoms with Gasteiger partial charge in [-0.3, -0.25) is 9.10 Å². The number of hydrogen-bond acceptors (Lipinski definition) is 5. The summed E-state index contributed by atoms with van der Waals surface area (Å²) in [6.07, 6.45) is 0.738. The number of fused-ring (bicyclic) bond motifs is 1. The highest BCUT2D eigenvalue weighted by atomic mass is 127. The molecule has 1 heterocycles. The first-order valence-electron chi connectivity index (χ1n) is 8.21. The van der Waals surface area contributed by atoms with Gasteiger partial charge in [-0.05, 0) is 59.0 Å². The van der Waals surface area contributed by atoms with Crippen molar-refractivity contribution in [3.8, 4) is 11.5 Å². The Hall–Kier alpha value is -2.01. The van der Waals surface area contributed by atoms with Crippen LogP contribution in [0.3, 0.4) is 0 Å². The van der Waals surface area contributed by atoms with Crippen molar-refractivity contribution in [2.24, 2.45) is 0 Å². The minimum Gasteiger partial charge on any atom is -0.486 e. The van der Waals surface area contributed by atoms with E-state index in [-0.39, 0.29) is 19.2 Å². The highest BCUT2D eigenvalue weighted by Gasteiger charge is 2.24. The predicted molar refractivity (Wildman–Crippen MR) is 111 cm³/mol. The number of para-hydroxylation sites is 2. The molecular formula is C18H19IN2O5S. The van der Waals surface area contributed by atoms with Gasteiger partial charge < -0.3 is 14.8 Å². The number of ether oxygens (including phenoxy) is 2. The first-order valence-corrected chi connectivity index (χ1v) is 11.1. The standard InChI is InChI=1S/C18H19IN2O5S/c1-27(23,24)21(14-8-6-13(19)7-9-14)11-18(22)20-10-15-12-25-16-4-2-3-5-17(16)26-15/h2-9,15H,10-12H2,1H3,(H,20,22)/t15-/m1/s1. The lowest BCUT2D eigenvalue weighted by atomic mass is 10.2. The SMILES string of the molecule is CS(=O)(=O)N(CC(=O)NC[C@@H]1COc2ccccc2O1)c1ccc(I)cc1. The monoisotopic (exact) mass is 502 g/mol. The third-order valence-electron chi connectivity index (χ3n) is 3.90. The molecule has 1 amide bonds. The molecule has 0 saturated heterocycles. The largest absolute Gasteiger partial charge is 0.486 e. The van der Waals surface area contributed by atoms with Crippen LogP contribution in [-0.2, 0) is 14.8 Å². The van der Waals surface area contributed by atoms with Crippen molar-refractivity contribution >= 4 is 44.2 Å². The van der Waals surface area contributed by atoms with E-state index in [9.17, 15) is 13.2 Å². The lowest BCUT2D eigenvalue weighted by molar-refractivity contribution is -0.120. The minimum absolute atomic E-state index is 0.220. The molecule has 0 unspecified atom stereocenters. The smallest absolute Gasteiger partial charge is 0.240 e. The van der Waals surface area contributed by atoms with Gasteiger partial charge in [0.05, 0.1) is 18.5 Å². The average Bonchev–Trinajstić information content (AvgIpc) is 2.64. The number of sulfonamides is 1. The fraction of sp³-hybridized carbons (Fsp3) is 0.278. The summed E-state index contributed by atoms with van der Waals surface area (Å²) in [6.45, 7) is 0.227. The number of benzene rings is 2. The molecule has 0 aliphatic carbocycles. The molecule has 0 radical (unpaired) electrons. The average molecular weight is 502 g/mol. The Morgan fingerprint density at radius 1 is 1.19 bits per heavy atom. The fourth-order valence-electron chi connectivity index (χ4n) is 2.59. The van der Waals surface area contributed by atoms with Crippen LogP contribution in [0.5, 0.6) is 11.5 Å². The van der Waals surface area contributed by atoms with E-state index < -0.39 is 15.9 Å². The van der Waals surface area contributed by atoms with Crippen LogP contribution >= 0.6 is 22.6 Å². The van der Waals surface area contributed by atoms with Gasteiger partial charge in [-0.1, -0.05) is 12.1 Å². The van der Waals surface area contributed by atoms with Gasteiger partial charge in [0, 0.05) is 3.57 Å². The Kier molecular flexibility index (Phi) is 6.10. The fourth-order valence-corrected chi connectivity index (χ4v) is 3.80. The Morgan fingerprint density at radius 3 is 2.52 bits per heavy atom. The summed E-state index contributed by atoms with van der Waals surface area (Å²) in [6, 6.07) is 14.2. The number of rotatable bonds is 6. The zero-order chi connectivity index (χ0) is 19.4. The molecule has 7 nitrogen and oxygen atoms in total. The van der Waals surface area contributed by atoms with Crippen LogP contribution in [-0.4, -0.2) is 46.4 Å². The molecule has 0 fully saturated rings. The summed E-state index contributed by atoms with van der Waals surface area (Å²) in [7, 11) is -3.59. The van der Waals surface area contributed by atoms with Crippen molar-refractivity contribution in [1.82, 2.24) is 5.32 Å². The van der Waals surface area contributed by atoms with Crippen molar-refractivity contribution in [3.05, 3.63) is 52.1 Å². The molecule has 27 heavy (non-hydrogen) atoms. The van der Waals surface area contributed by atoms with Crippen molar-refractivity contribution in [2.75, 3.05) is 30.3 Å². The zero-order valence-corrected chi connectivity index (χ0v) is 17.6. The number of halogens is 1. The lowest BCUT2D eigenvalue weighted by Crippen LogP contribution is -2.45. The lowest BCUT2D eigenvalue weighted by Gasteiger charge is -2.27. The third-order valence-corrected chi connectivity index (χ3v) is 5.76. The molecule has 2 aromatic carbocycles. The second-order valence-corrected chi connectivity index (χ2v) is 9.20. The number of nitrogens with zero attached hydrogens (tertiary/aromatic N) is 1. The molecular weight excluding hydrogens is 483 g/mol. The third kappa shape index (κ3) is 5.25. The van der Waals surface area contributed by atoms with Crippen LogP contribution in [0.4, 0.5) is 5.69 Å². The molecule has 0 saturated carbocycles. The second kappa shape index (κ2) is 8.34. The molecule has 0 bridgehead atoms. The van der Waals surface area contributed by atoms with Crippen molar-refractivity contribution < 1.29 is 22.7 Å². The van der Waals surface area contributed by atoms with Crippen LogP contribution in [0.25, 0.3) is 0 Å². The van der Waals surface area contributed by atoms with Gasteiger partial charge in [-0.2, -0.15) is 0 Å². The summed E-state index contributed by atoms with van der Waals surface area (Å²) >= 11 is 2.13. The molecule has 1 atom stereocenters. The first kappa shape index (κ1) is 19.7. The number of amides is 1. The summed E-state index contributed by atoms with van der Waals surface area (Å²) < 4.78 is 37.6. The maximum atomic E-state index is 12.3. The molecule has 1 aliphatic heterocycles. The van der Waals surface area contributed by atoms with Crippen LogP contribution in [0.15, 0.2) is 48.5 Å². The van der Waals surface area contributed by atoms with E-state index in [1.807, 2.05) is 18.2 Å². The van der Waals surface area contributed by atoms with Gasteiger partial charge in [0.25, 0.3) is 0 Å². The molecule has 1 N–H and O–H groups in total. The van der Waals surface area contributed by atoms with E-state index in [4.69, 9.17) is 9.47 Å². The van der Waals surface area contributed by atoms with E-state index in [0.29, 0.717) is 23.8 Å². The van der Waals surface area contributed by atoms with E-state index >= 15 is 0 Å². The first-order chi connectivity index (χ1) is 12.8. The molecule has 3 rings (SSSR count). The van der Waals surface area contributed by atoms with E-state index in [1.54, 1.807) is 30.3 Å². The van der Waals surface area contributed by atoms with Gasteiger partial charge in [0.1, 0.15) is 19.3 Å². The highest BCUT2D eigenvalue weighted by molar-refractivity contribution is 14.1.